The van der Waals surface area contributed by atoms with Gasteiger partial charge < -0.3 is 5.32 Å². The molecular formula is C15H17N3. The van der Waals surface area contributed by atoms with Gasteiger partial charge in [-0.3, -0.25) is 0 Å². The number of hydrogen-bond acceptors (Lipinski definition) is 3. The van der Waals surface area contributed by atoms with Gasteiger partial charge in [0.15, 0.2) is 0 Å². The lowest BCUT2D eigenvalue weighted by Gasteiger charge is -2.07. The molecule has 1 atom stereocenters. The van der Waals surface area contributed by atoms with E-state index in [-0.39, 0.29) is 0 Å². The molecule has 0 amide bonds. The first-order valence-electron chi connectivity index (χ1n) is 6.42. The highest BCUT2D eigenvalue weighted by molar-refractivity contribution is 5.61. The molecule has 3 rings (SSSR count). The van der Waals surface area contributed by atoms with E-state index in [0.717, 1.165) is 30.9 Å². The normalized spacial score (nSPS) is 19.1. The summed E-state index contributed by atoms with van der Waals surface area (Å²) in [5, 5.41) is 3.34. The highest BCUT2D eigenvalue weighted by atomic mass is 14.9. The molecule has 1 N–H and O–H groups in total. The summed E-state index contributed by atoms with van der Waals surface area (Å²) in [7, 11) is 0. The third kappa shape index (κ3) is 2.27. The Balaban J connectivity index is 1.84. The van der Waals surface area contributed by atoms with Crippen LogP contribution in [0.5, 0.6) is 0 Å². The topological polar surface area (TPSA) is 37.8 Å². The summed E-state index contributed by atoms with van der Waals surface area (Å²) in [6.07, 6.45) is 5.01. The number of hydrogen-bond donors (Lipinski definition) is 1. The van der Waals surface area contributed by atoms with E-state index >= 15 is 0 Å². The molecule has 1 aliphatic heterocycles. The quantitative estimate of drug-likeness (QED) is 0.875. The molecule has 0 spiro atoms. The van der Waals surface area contributed by atoms with Gasteiger partial charge in [0.05, 0.1) is 0 Å². The molecule has 92 valence electrons. The molecule has 0 aliphatic carbocycles. The first kappa shape index (κ1) is 11.4. The molecule has 3 heteroatoms. The number of rotatable bonds is 2. The van der Waals surface area contributed by atoms with Crippen molar-refractivity contribution in [2.45, 2.75) is 19.3 Å². The van der Waals surface area contributed by atoms with E-state index in [9.17, 15) is 0 Å². The molecule has 1 unspecified atom stereocenters. The minimum absolute atomic E-state index is 0.483. The van der Waals surface area contributed by atoms with Gasteiger partial charge in [0.1, 0.15) is 5.82 Å². The maximum absolute atomic E-state index is 4.51. The summed E-state index contributed by atoms with van der Waals surface area (Å²) in [6, 6.07) is 8.46. The van der Waals surface area contributed by atoms with Crippen molar-refractivity contribution in [2.24, 2.45) is 0 Å². The lowest BCUT2D eigenvalue weighted by molar-refractivity contribution is 0.702. The Hall–Kier alpha value is -1.74. The van der Waals surface area contributed by atoms with Gasteiger partial charge in [-0.25, -0.2) is 9.97 Å². The molecule has 3 nitrogen and oxygen atoms in total. The van der Waals surface area contributed by atoms with Gasteiger partial charge in [0.2, 0.25) is 0 Å². The summed E-state index contributed by atoms with van der Waals surface area (Å²) in [5.74, 6) is 1.45. The van der Waals surface area contributed by atoms with Gasteiger partial charge >= 0.3 is 0 Å². The van der Waals surface area contributed by atoms with Crippen molar-refractivity contribution in [3.8, 4) is 11.1 Å². The molecule has 0 radical (unpaired) electrons. The number of benzene rings is 1. The standard InChI is InChI=1S/C15H17N3/c1-11-2-4-12(5-3-11)14-9-17-15(18-10-14)13-6-7-16-8-13/h2-5,9-10,13,16H,6-8H2,1H3. The van der Waals surface area contributed by atoms with Gasteiger partial charge in [0, 0.05) is 30.4 Å². The average molecular weight is 239 g/mol. The Morgan fingerprint density at radius 2 is 1.78 bits per heavy atom. The Bertz CT molecular complexity index is 510. The highest BCUT2D eigenvalue weighted by Crippen LogP contribution is 2.22. The largest absolute Gasteiger partial charge is 0.316 e. The van der Waals surface area contributed by atoms with E-state index in [1.165, 1.54) is 11.1 Å². The Labute approximate surface area is 107 Å². The average Bonchev–Trinajstić information content (AvgIpc) is 2.94. The summed E-state index contributed by atoms with van der Waals surface area (Å²) in [4.78, 5) is 9.02. The van der Waals surface area contributed by atoms with Crippen molar-refractivity contribution in [3.05, 3.63) is 48.0 Å². The maximum Gasteiger partial charge on any atom is 0.132 e. The van der Waals surface area contributed by atoms with Crippen LogP contribution < -0.4 is 5.32 Å². The van der Waals surface area contributed by atoms with Crippen LogP contribution in [0.3, 0.4) is 0 Å². The fourth-order valence-corrected chi connectivity index (χ4v) is 2.32. The lowest BCUT2D eigenvalue weighted by atomic mass is 10.1. The number of nitrogens with one attached hydrogen (secondary N) is 1. The smallest absolute Gasteiger partial charge is 0.132 e. The molecule has 2 aromatic rings. The minimum Gasteiger partial charge on any atom is -0.316 e. The van der Waals surface area contributed by atoms with Crippen LogP contribution in [0, 0.1) is 6.92 Å². The molecular weight excluding hydrogens is 222 g/mol. The Morgan fingerprint density at radius 1 is 1.06 bits per heavy atom. The van der Waals surface area contributed by atoms with Gasteiger partial charge in [0.25, 0.3) is 0 Å². The van der Waals surface area contributed by atoms with Gasteiger partial charge in [-0.1, -0.05) is 29.8 Å². The number of aromatic nitrogens is 2. The van der Waals surface area contributed by atoms with Crippen molar-refractivity contribution in [2.75, 3.05) is 13.1 Å². The maximum atomic E-state index is 4.51. The Kier molecular flexibility index (Phi) is 3.07. The zero-order valence-corrected chi connectivity index (χ0v) is 10.6. The molecule has 1 fully saturated rings. The number of aryl methyl sites for hydroxylation is 1. The van der Waals surface area contributed by atoms with Crippen LogP contribution in [0.25, 0.3) is 11.1 Å². The number of nitrogens with zero attached hydrogens (tertiary/aromatic N) is 2. The summed E-state index contributed by atoms with van der Waals surface area (Å²) in [6.45, 7) is 4.17. The van der Waals surface area contributed by atoms with Crippen molar-refractivity contribution >= 4 is 0 Å². The van der Waals surface area contributed by atoms with E-state index in [4.69, 9.17) is 0 Å². The SMILES string of the molecule is Cc1ccc(-c2cnc(C3CCNC3)nc2)cc1. The molecule has 1 aliphatic rings. The first-order valence-corrected chi connectivity index (χ1v) is 6.42. The first-order chi connectivity index (χ1) is 8.83. The zero-order chi connectivity index (χ0) is 12.4. The third-order valence-corrected chi connectivity index (χ3v) is 3.48. The molecule has 1 saturated heterocycles. The van der Waals surface area contributed by atoms with Crippen molar-refractivity contribution in [1.29, 1.82) is 0 Å². The molecule has 0 bridgehead atoms. The molecule has 0 saturated carbocycles. The second-order valence-electron chi connectivity index (χ2n) is 4.89. The zero-order valence-electron chi connectivity index (χ0n) is 10.6. The fourth-order valence-electron chi connectivity index (χ4n) is 2.32. The van der Waals surface area contributed by atoms with E-state index in [1.54, 1.807) is 0 Å². The van der Waals surface area contributed by atoms with E-state index < -0.39 is 0 Å². The van der Waals surface area contributed by atoms with Gasteiger partial charge in [-0.2, -0.15) is 0 Å². The van der Waals surface area contributed by atoms with E-state index in [1.807, 2.05) is 12.4 Å². The second-order valence-corrected chi connectivity index (χ2v) is 4.89. The molecule has 1 aromatic heterocycles. The minimum atomic E-state index is 0.483. The predicted molar refractivity (Wildman–Crippen MR) is 72.4 cm³/mol. The summed E-state index contributed by atoms with van der Waals surface area (Å²) < 4.78 is 0. The second kappa shape index (κ2) is 4.86. The monoisotopic (exact) mass is 239 g/mol. The van der Waals surface area contributed by atoms with Crippen LogP contribution in [0.15, 0.2) is 36.7 Å². The molecule has 18 heavy (non-hydrogen) atoms. The highest BCUT2D eigenvalue weighted by Gasteiger charge is 2.18. The molecule has 1 aromatic carbocycles. The van der Waals surface area contributed by atoms with Gasteiger partial charge in [-0.05, 0) is 25.5 Å². The lowest BCUT2D eigenvalue weighted by Crippen LogP contribution is -2.10. The van der Waals surface area contributed by atoms with Crippen LogP contribution in [-0.2, 0) is 0 Å². The van der Waals surface area contributed by atoms with Crippen LogP contribution in [-0.4, -0.2) is 23.1 Å². The summed E-state index contributed by atoms with van der Waals surface area (Å²) in [5.41, 5.74) is 3.54. The molecule has 2 heterocycles. The van der Waals surface area contributed by atoms with Crippen LogP contribution in [0.1, 0.15) is 23.7 Å². The summed E-state index contributed by atoms with van der Waals surface area (Å²) >= 11 is 0. The predicted octanol–water partition coefficient (Wildman–Crippen LogP) is 2.53. The van der Waals surface area contributed by atoms with Crippen molar-refractivity contribution in [1.82, 2.24) is 15.3 Å². The fraction of sp³-hybridized carbons (Fsp3) is 0.333. The van der Waals surface area contributed by atoms with E-state index in [0.29, 0.717) is 5.92 Å². The van der Waals surface area contributed by atoms with Crippen molar-refractivity contribution < 1.29 is 0 Å². The van der Waals surface area contributed by atoms with E-state index in [2.05, 4.69) is 46.5 Å². The van der Waals surface area contributed by atoms with Crippen LogP contribution in [0.2, 0.25) is 0 Å². The van der Waals surface area contributed by atoms with Crippen LogP contribution in [0.4, 0.5) is 0 Å². The van der Waals surface area contributed by atoms with Crippen LogP contribution >= 0.6 is 0 Å². The third-order valence-electron chi connectivity index (χ3n) is 3.48. The Morgan fingerprint density at radius 3 is 2.39 bits per heavy atom. The van der Waals surface area contributed by atoms with Gasteiger partial charge in [-0.15, -0.1) is 0 Å². The van der Waals surface area contributed by atoms with Crippen molar-refractivity contribution in [3.63, 3.8) is 0 Å².